The molecule has 2 fully saturated rings. The van der Waals surface area contributed by atoms with Gasteiger partial charge in [-0.3, -0.25) is 0 Å². The number of rotatable bonds is 3. The van der Waals surface area contributed by atoms with Crippen LogP contribution >= 0.6 is 23.2 Å². The molecule has 2 atom stereocenters. The number of nitrogens with two attached hydrogens (primary N) is 1. The van der Waals surface area contributed by atoms with Crippen LogP contribution in [0.5, 0.6) is 0 Å². The van der Waals surface area contributed by atoms with Crippen molar-refractivity contribution in [3.63, 3.8) is 0 Å². The standard InChI is InChI=1S/C20H25Cl2N5/c1-19(2)7-15-8-20(3,9-19)10-27(15)18-16(23)17(24-11-25-18)26-14-5-12(21)4-13(22)6-14/h4-6,11,15H,7-10,23H2,1-3H3,(H,24,25,26). The van der Waals surface area contributed by atoms with Gasteiger partial charge in [0.15, 0.2) is 11.6 Å². The van der Waals surface area contributed by atoms with E-state index in [1.54, 1.807) is 24.5 Å². The third-order valence-electron chi connectivity index (χ3n) is 5.68. The van der Waals surface area contributed by atoms with Crippen molar-refractivity contribution < 1.29 is 0 Å². The maximum absolute atomic E-state index is 6.49. The van der Waals surface area contributed by atoms with Crippen LogP contribution in [0.1, 0.15) is 40.0 Å². The lowest BCUT2D eigenvalue weighted by Gasteiger charge is -2.39. The Balaban J connectivity index is 1.65. The molecule has 2 aromatic rings. The molecule has 27 heavy (non-hydrogen) atoms. The molecule has 2 bridgehead atoms. The van der Waals surface area contributed by atoms with E-state index in [9.17, 15) is 0 Å². The van der Waals surface area contributed by atoms with Crippen LogP contribution < -0.4 is 16.0 Å². The first-order valence-electron chi connectivity index (χ1n) is 9.24. The molecule has 144 valence electrons. The third-order valence-corrected chi connectivity index (χ3v) is 6.11. The minimum atomic E-state index is 0.303. The SMILES string of the molecule is CC1(C)CC2CC(C)(CN2c2ncnc(Nc3cc(Cl)cc(Cl)c3)c2N)C1. The van der Waals surface area contributed by atoms with E-state index >= 15 is 0 Å². The zero-order valence-electron chi connectivity index (χ0n) is 15.9. The topological polar surface area (TPSA) is 67.1 Å². The summed E-state index contributed by atoms with van der Waals surface area (Å²) in [5.41, 5.74) is 8.43. The molecular formula is C20H25Cl2N5. The molecule has 2 aliphatic rings. The summed E-state index contributed by atoms with van der Waals surface area (Å²) in [5.74, 6) is 1.39. The Kier molecular flexibility index (Phi) is 4.43. The first kappa shape index (κ1) is 18.6. The summed E-state index contributed by atoms with van der Waals surface area (Å²) in [6, 6.07) is 5.74. The van der Waals surface area contributed by atoms with Crippen molar-refractivity contribution >= 4 is 46.2 Å². The highest BCUT2D eigenvalue weighted by molar-refractivity contribution is 6.35. The number of hydrogen-bond acceptors (Lipinski definition) is 5. The Morgan fingerprint density at radius 3 is 2.52 bits per heavy atom. The Hall–Kier alpha value is -1.72. The summed E-state index contributed by atoms with van der Waals surface area (Å²) in [4.78, 5) is 11.2. The molecule has 1 aromatic carbocycles. The number of halogens is 2. The predicted octanol–water partition coefficient (Wildman–Crippen LogP) is 5.51. The van der Waals surface area contributed by atoms with Gasteiger partial charge in [-0.15, -0.1) is 0 Å². The van der Waals surface area contributed by atoms with Gasteiger partial charge in [0, 0.05) is 28.3 Å². The van der Waals surface area contributed by atoms with E-state index < -0.39 is 0 Å². The second-order valence-electron chi connectivity index (χ2n) is 9.08. The van der Waals surface area contributed by atoms with Gasteiger partial charge in [-0.05, 0) is 48.3 Å². The van der Waals surface area contributed by atoms with Crippen molar-refractivity contribution in [3.05, 3.63) is 34.6 Å². The van der Waals surface area contributed by atoms with Crippen molar-refractivity contribution in [2.75, 3.05) is 22.5 Å². The largest absolute Gasteiger partial charge is 0.393 e. The highest BCUT2D eigenvalue weighted by Gasteiger charge is 2.50. The zero-order chi connectivity index (χ0) is 19.4. The lowest BCUT2D eigenvalue weighted by atomic mass is 9.65. The maximum Gasteiger partial charge on any atom is 0.159 e. The van der Waals surface area contributed by atoms with E-state index in [2.05, 4.69) is 41.0 Å². The summed E-state index contributed by atoms with van der Waals surface area (Å²) >= 11 is 12.2. The molecule has 1 saturated heterocycles. The van der Waals surface area contributed by atoms with Crippen molar-refractivity contribution in [1.82, 2.24) is 9.97 Å². The van der Waals surface area contributed by atoms with Gasteiger partial charge >= 0.3 is 0 Å². The minimum Gasteiger partial charge on any atom is -0.393 e. The molecule has 0 amide bonds. The molecule has 3 N–H and O–H groups in total. The first-order valence-corrected chi connectivity index (χ1v) is 10.0. The quantitative estimate of drug-likeness (QED) is 0.703. The minimum absolute atomic E-state index is 0.303. The van der Waals surface area contributed by atoms with Gasteiger partial charge in [0.05, 0.1) is 0 Å². The van der Waals surface area contributed by atoms with E-state index in [0.29, 0.717) is 38.4 Å². The van der Waals surface area contributed by atoms with Crippen molar-refractivity contribution in [1.29, 1.82) is 0 Å². The van der Waals surface area contributed by atoms with E-state index in [0.717, 1.165) is 24.5 Å². The van der Waals surface area contributed by atoms with Gasteiger partial charge in [-0.1, -0.05) is 44.0 Å². The number of anilines is 4. The average molecular weight is 406 g/mol. The van der Waals surface area contributed by atoms with E-state index in [1.165, 1.54) is 12.8 Å². The van der Waals surface area contributed by atoms with Crippen LogP contribution in [0.15, 0.2) is 24.5 Å². The molecule has 1 aliphatic carbocycles. The van der Waals surface area contributed by atoms with Crippen LogP contribution in [0.2, 0.25) is 10.0 Å². The van der Waals surface area contributed by atoms with Crippen LogP contribution in [-0.4, -0.2) is 22.6 Å². The van der Waals surface area contributed by atoms with E-state index in [1.807, 2.05) is 0 Å². The Labute approximate surface area is 170 Å². The normalized spacial score (nSPS) is 26.3. The van der Waals surface area contributed by atoms with E-state index in [4.69, 9.17) is 28.9 Å². The van der Waals surface area contributed by atoms with Crippen LogP contribution in [0.3, 0.4) is 0 Å². The predicted molar refractivity (Wildman–Crippen MR) is 113 cm³/mol. The summed E-state index contributed by atoms with van der Waals surface area (Å²) in [6.07, 6.45) is 5.13. The number of aromatic nitrogens is 2. The fourth-order valence-corrected chi connectivity index (χ4v) is 5.71. The summed E-state index contributed by atoms with van der Waals surface area (Å²) in [6.45, 7) is 8.08. The molecule has 7 heteroatoms. The number of nitrogens with zero attached hydrogens (tertiary/aromatic N) is 3. The number of hydrogen-bond donors (Lipinski definition) is 2. The van der Waals surface area contributed by atoms with Crippen LogP contribution in [-0.2, 0) is 0 Å². The van der Waals surface area contributed by atoms with E-state index in [-0.39, 0.29) is 0 Å². The number of fused-ring (bicyclic) bond motifs is 2. The lowest BCUT2D eigenvalue weighted by Crippen LogP contribution is -2.35. The second kappa shape index (κ2) is 6.42. The van der Waals surface area contributed by atoms with Gasteiger partial charge in [0.2, 0.25) is 0 Å². The Morgan fingerprint density at radius 2 is 1.81 bits per heavy atom. The van der Waals surface area contributed by atoms with Crippen molar-refractivity contribution in [2.24, 2.45) is 10.8 Å². The van der Waals surface area contributed by atoms with Gasteiger partial charge in [-0.2, -0.15) is 0 Å². The molecular weight excluding hydrogens is 381 g/mol. The van der Waals surface area contributed by atoms with Gasteiger partial charge in [0.1, 0.15) is 12.0 Å². The molecule has 1 saturated carbocycles. The van der Waals surface area contributed by atoms with Crippen LogP contribution in [0.4, 0.5) is 23.0 Å². The smallest absolute Gasteiger partial charge is 0.159 e. The van der Waals surface area contributed by atoms with Crippen LogP contribution in [0.25, 0.3) is 0 Å². The van der Waals surface area contributed by atoms with Gasteiger partial charge < -0.3 is 16.0 Å². The summed E-state index contributed by atoms with van der Waals surface area (Å²) < 4.78 is 0. The van der Waals surface area contributed by atoms with Gasteiger partial charge in [-0.25, -0.2) is 9.97 Å². The molecule has 1 aromatic heterocycles. The average Bonchev–Trinajstić information content (AvgIpc) is 2.77. The number of benzene rings is 1. The van der Waals surface area contributed by atoms with Crippen molar-refractivity contribution in [2.45, 2.75) is 46.1 Å². The molecule has 0 radical (unpaired) electrons. The van der Waals surface area contributed by atoms with Gasteiger partial charge in [0.25, 0.3) is 0 Å². The molecule has 5 nitrogen and oxygen atoms in total. The third kappa shape index (κ3) is 3.67. The highest BCUT2D eigenvalue weighted by atomic mass is 35.5. The second-order valence-corrected chi connectivity index (χ2v) is 9.96. The van der Waals surface area contributed by atoms with Crippen LogP contribution in [0, 0.1) is 10.8 Å². The Bertz CT molecular complexity index is 864. The monoisotopic (exact) mass is 405 g/mol. The molecule has 1 aliphatic heterocycles. The summed E-state index contributed by atoms with van der Waals surface area (Å²) in [7, 11) is 0. The number of nitrogen functional groups attached to an aromatic ring is 1. The molecule has 2 unspecified atom stereocenters. The molecule has 0 spiro atoms. The zero-order valence-corrected chi connectivity index (χ0v) is 17.4. The van der Waals surface area contributed by atoms with Crippen molar-refractivity contribution in [3.8, 4) is 0 Å². The fraction of sp³-hybridized carbons (Fsp3) is 0.500. The fourth-order valence-electron chi connectivity index (χ4n) is 5.19. The molecule has 4 rings (SSSR count). The Morgan fingerprint density at radius 1 is 1.11 bits per heavy atom. The number of nitrogens with one attached hydrogen (secondary N) is 1. The highest BCUT2D eigenvalue weighted by Crippen LogP contribution is 2.54. The summed E-state index contributed by atoms with van der Waals surface area (Å²) in [5, 5.41) is 4.35. The lowest BCUT2D eigenvalue weighted by molar-refractivity contribution is 0.136. The maximum atomic E-state index is 6.49. The first-order chi connectivity index (χ1) is 12.6. The molecule has 2 heterocycles.